The molecule has 0 aromatic carbocycles. The highest BCUT2D eigenvalue weighted by atomic mass is 19.4. The Kier molecular flexibility index (Phi) is 6.55. The van der Waals surface area contributed by atoms with Gasteiger partial charge in [0.25, 0.3) is 6.43 Å². The molecular formula is C23H23F5N8O. The van der Waals surface area contributed by atoms with Crippen molar-refractivity contribution >= 4 is 5.91 Å². The number of rotatable bonds is 5. The monoisotopic (exact) mass is 522 g/mol. The fourth-order valence-electron chi connectivity index (χ4n) is 5.24. The molecule has 4 heterocycles. The summed E-state index contributed by atoms with van der Waals surface area (Å²) in [5.74, 6) is -1.29. The summed E-state index contributed by atoms with van der Waals surface area (Å²) in [6, 6.07) is 4.03. The quantitative estimate of drug-likeness (QED) is 0.513. The molecule has 1 saturated carbocycles. The lowest BCUT2D eigenvalue weighted by Gasteiger charge is -2.47. The number of hydrazine groups is 1. The zero-order valence-corrected chi connectivity index (χ0v) is 19.5. The molecule has 9 nitrogen and oxygen atoms in total. The molecule has 2 aliphatic heterocycles. The molecule has 0 radical (unpaired) electrons. The molecule has 3 N–H and O–H groups in total. The van der Waals surface area contributed by atoms with E-state index in [4.69, 9.17) is 0 Å². The van der Waals surface area contributed by atoms with Crippen LogP contribution in [0.2, 0.25) is 0 Å². The van der Waals surface area contributed by atoms with Gasteiger partial charge in [-0.1, -0.05) is 6.07 Å². The van der Waals surface area contributed by atoms with Crippen LogP contribution in [0, 0.1) is 23.2 Å². The number of nitrogens with zero attached hydrogens (tertiary/aromatic N) is 5. The Labute approximate surface area is 208 Å². The molecule has 2 saturated heterocycles. The van der Waals surface area contributed by atoms with E-state index in [0.717, 1.165) is 18.3 Å². The molecule has 3 aliphatic rings. The number of hydrogen-bond donors (Lipinski definition) is 3. The standard InChI is InChI=1S/C23H23F5N8O/c1-10(11-2-5-16(31-9-11)23(26,27)28)36-21-17(15(8-29)35-36)22(37)34-20(33-21)13-4-3-12(13)19-30-7-6-14(32-19)18(24)25/h2,5-7,9-10,12-13,15,17-18,20-21,33,35H,3-4H2,1H3,(H,34,37)/t10-,12+,13+,15?,17?,20?,21?/m0/s1. The van der Waals surface area contributed by atoms with Crippen LogP contribution in [0.3, 0.4) is 0 Å². The minimum Gasteiger partial charge on any atom is -0.340 e. The molecule has 37 heavy (non-hydrogen) atoms. The second-order valence-electron chi connectivity index (χ2n) is 9.41. The van der Waals surface area contributed by atoms with Crippen LogP contribution in [0.4, 0.5) is 22.0 Å². The number of hydrogen-bond acceptors (Lipinski definition) is 8. The molecule has 2 aromatic rings. The molecule has 0 spiro atoms. The number of fused-ring (bicyclic) bond motifs is 1. The average molecular weight is 522 g/mol. The molecule has 0 bridgehead atoms. The van der Waals surface area contributed by atoms with Gasteiger partial charge in [-0.05, 0) is 37.5 Å². The van der Waals surface area contributed by atoms with Crippen LogP contribution in [-0.4, -0.2) is 44.2 Å². The summed E-state index contributed by atoms with van der Waals surface area (Å²) < 4.78 is 65.1. The van der Waals surface area contributed by atoms with Crippen molar-refractivity contribution in [1.29, 1.82) is 5.26 Å². The van der Waals surface area contributed by atoms with E-state index in [0.29, 0.717) is 18.4 Å². The first kappa shape index (κ1) is 25.4. The van der Waals surface area contributed by atoms with Crippen molar-refractivity contribution in [3.63, 3.8) is 0 Å². The SMILES string of the molecule is C[C@@H](c1ccc(C(F)(F)F)nc1)N1NC(C#N)C2C(=O)NC([C@@H]3CC[C@H]3c3nccc(C(F)F)n3)NC21. The zero-order chi connectivity index (χ0) is 26.5. The normalized spacial score (nSPS) is 30.8. The van der Waals surface area contributed by atoms with Crippen molar-refractivity contribution in [2.24, 2.45) is 11.8 Å². The molecule has 1 aliphatic carbocycles. The van der Waals surface area contributed by atoms with Crippen molar-refractivity contribution in [2.45, 2.75) is 62.7 Å². The summed E-state index contributed by atoms with van der Waals surface area (Å²) in [4.78, 5) is 24.8. The van der Waals surface area contributed by atoms with E-state index in [9.17, 15) is 32.0 Å². The smallest absolute Gasteiger partial charge is 0.340 e. The maximum absolute atomic E-state index is 13.1. The van der Waals surface area contributed by atoms with Gasteiger partial charge in [0.1, 0.15) is 23.3 Å². The molecule has 5 rings (SSSR count). The third kappa shape index (κ3) is 4.62. The molecule has 4 unspecified atom stereocenters. The number of halogens is 5. The Hall–Kier alpha value is -3.28. The summed E-state index contributed by atoms with van der Waals surface area (Å²) in [6.07, 6.45) is -4.73. The number of nitrogens with one attached hydrogen (secondary N) is 3. The Morgan fingerprint density at radius 2 is 1.97 bits per heavy atom. The minimum absolute atomic E-state index is 0.177. The molecule has 1 amide bonds. The van der Waals surface area contributed by atoms with Crippen LogP contribution in [0.5, 0.6) is 0 Å². The Bertz CT molecular complexity index is 1200. The number of aromatic nitrogens is 3. The van der Waals surface area contributed by atoms with Gasteiger partial charge >= 0.3 is 6.18 Å². The van der Waals surface area contributed by atoms with Crippen LogP contribution in [0.1, 0.15) is 60.9 Å². The van der Waals surface area contributed by atoms with Crippen LogP contribution in [-0.2, 0) is 11.0 Å². The van der Waals surface area contributed by atoms with Gasteiger partial charge in [0.15, 0.2) is 0 Å². The number of alkyl halides is 5. The fourth-order valence-corrected chi connectivity index (χ4v) is 5.24. The Morgan fingerprint density at radius 3 is 2.57 bits per heavy atom. The van der Waals surface area contributed by atoms with E-state index in [2.05, 4.69) is 37.1 Å². The number of pyridine rings is 1. The maximum Gasteiger partial charge on any atom is 0.433 e. The predicted octanol–water partition coefficient (Wildman–Crippen LogP) is 2.78. The van der Waals surface area contributed by atoms with E-state index < -0.39 is 48.6 Å². The van der Waals surface area contributed by atoms with Crippen molar-refractivity contribution in [1.82, 2.24) is 36.0 Å². The van der Waals surface area contributed by atoms with Gasteiger partial charge in [0, 0.05) is 30.3 Å². The topological polar surface area (TPSA) is 119 Å². The van der Waals surface area contributed by atoms with E-state index in [1.165, 1.54) is 12.3 Å². The van der Waals surface area contributed by atoms with Gasteiger partial charge in [-0.15, -0.1) is 0 Å². The first-order valence-corrected chi connectivity index (χ1v) is 11.7. The van der Waals surface area contributed by atoms with E-state index in [1.807, 2.05) is 0 Å². The van der Waals surface area contributed by atoms with E-state index >= 15 is 0 Å². The number of nitriles is 1. The highest BCUT2D eigenvalue weighted by molar-refractivity contribution is 5.82. The lowest BCUT2D eigenvalue weighted by Crippen LogP contribution is -2.68. The van der Waals surface area contributed by atoms with Crippen LogP contribution >= 0.6 is 0 Å². The van der Waals surface area contributed by atoms with Gasteiger partial charge in [0.2, 0.25) is 5.91 Å². The van der Waals surface area contributed by atoms with E-state index in [1.54, 1.807) is 11.9 Å². The largest absolute Gasteiger partial charge is 0.433 e. The lowest BCUT2D eigenvalue weighted by molar-refractivity contribution is -0.141. The third-order valence-corrected chi connectivity index (χ3v) is 7.36. The van der Waals surface area contributed by atoms with Gasteiger partial charge < -0.3 is 5.32 Å². The summed E-state index contributed by atoms with van der Waals surface area (Å²) in [6.45, 7) is 1.73. The predicted molar refractivity (Wildman–Crippen MR) is 117 cm³/mol. The number of carbonyl (C=O) groups excluding carboxylic acids is 1. The van der Waals surface area contributed by atoms with Gasteiger partial charge in [0.05, 0.1) is 24.3 Å². The first-order valence-electron chi connectivity index (χ1n) is 11.7. The molecule has 3 fully saturated rings. The van der Waals surface area contributed by atoms with Crippen LogP contribution in [0.15, 0.2) is 30.6 Å². The number of carbonyl (C=O) groups is 1. The van der Waals surface area contributed by atoms with Crippen LogP contribution in [0.25, 0.3) is 0 Å². The minimum atomic E-state index is -4.57. The number of amides is 1. The lowest BCUT2D eigenvalue weighted by atomic mass is 9.70. The second kappa shape index (κ2) is 9.55. The summed E-state index contributed by atoms with van der Waals surface area (Å²) >= 11 is 0. The zero-order valence-electron chi connectivity index (χ0n) is 19.5. The molecular weight excluding hydrogens is 499 g/mol. The average Bonchev–Trinajstić information content (AvgIpc) is 3.22. The van der Waals surface area contributed by atoms with E-state index in [-0.39, 0.29) is 29.3 Å². The third-order valence-electron chi connectivity index (χ3n) is 7.36. The second-order valence-corrected chi connectivity index (χ2v) is 9.41. The first-order chi connectivity index (χ1) is 17.6. The van der Waals surface area contributed by atoms with Gasteiger partial charge in [-0.3, -0.25) is 15.1 Å². The fraction of sp³-hybridized carbons (Fsp3) is 0.522. The molecule has 196 valence electrons. The summed E-state index contributed by atoms with van der Waals surface area (Å²) in [5.41, 5.74) is 2.08. The molecule has 2 aromatic heterocycles. The highest BCUT2D eigenvalue weighted by Gasteiger charge is 2.54. The van der Waals surface area contributed by atoms with Crippen molar-refractivity contribution in [3.05, 3.63) is 53.4 Å². The Morgan fingerprint density at radius 1 is 1.19 bits per heavy atom. The van der Waals surface area contributed by atoms with Gasteiger partial charge in [-0.2, -0.15) is 18.4 Å². The van der Waals surface area contributed by atoms with Crippen molar-refractivity contribution in [2.75, 3.05) is 0 Å². The highest BCUT2D eigenvalue weighted by Crippen LogP contribution is 2.44. The maximum atomic E-state index is 13.1. The van der Waals surface area contributed by atoms with Crippen molar-refractivity contribution < 1.29 is 26.7 Å². The summed E-state index contributed by atoms with van der Waals surface area (Å²) in [7, 11) is 0. The van der Waals surface area contributed by atoms with Gasteiger partial charge in [-0.25, -0.2) is 29.2 Å². The summed E-state index contributed by atoms with van der Waals surface area (Å²) in [5, 5.41) is 17.6. The molecule has 7 atom stereocenters. The Balaban J connectivity index is 1.37. The van der Waals surface area contributed by atoms with Crippen molar-refractivity contribution in [3.8, 4) is 6.07 Å². The van der Waals surface area contributed by atoms with Crippen LogP contribution < -0.4 is 16.1 Å². The molecule has 14 heteroatoms.